The molecule has 2 bridgehead atoms. The van der Waals surface area contributed by atoms with Crippen LogP contribution in [0, 0.1) is 11.8 Å². The molecule has 1 aromatic rings. The van der Waals surface area contributed by atoms with Gasteiger partial charge >= 0.3 is 5.97 Å². The van der Waals surface area contributed by atoms with Crippen molar-refractivity contribution in [3.05, 3.63) is 40.9 Å². The number of benzene rings is 1. The Balaban J connectivity index is 1.80. The van der Waals surface area contributed by atoms with Crippen LogP contribution in [-0.2, 0) is 14.3 Å². The van der Waals surface area contributed by atoms with Crippen LogP contribution >= 0.6 is 11.6 Å². The monoisotopic (exact) mass is 347 g/mol. The maximum absolute atomic E-state index is 12.9. The SMILES string of the molecule is C[C@]12C=C[C@@](C)(O1)[C@H]1C(=O)N(c3ccc(Cl)c(C(=O)O)c3)C(=O)[C@H]12. The van der Waals surface area contributed by atoms with Crippen molar-refractivity contribution in [2.45, 2.75) is 25.0 Å². The average Bonchev–Trinajstić information content (AvgIpc) is 3.04. The molecule has 24 heavy (non-hydrogen) atoms. The topological polar surface area (TPSA) is 83.9 Å². The summed E-state index contributed by atoms with van der Waals surface area (Å²) in [4.78, 5) is 38.1. The van der Waals surface area contributed by atoms with Crippen molar-refractivity contribution in [2.24, 2.45) is 11.8 Å². The predicted octanol–water partition coefficient (Wildman–Crippen LogP) is 2.26. The number of rotatable bonds is 2. The number of hydrogen-bond donors (Lipinski definition) is 1. The van der Waals surface area contributed by atoms with Gasteiger partial charge in [-0.25, -0.2) is 9.69 Å². The number of imide groups is 1. The number of carbonyl (C=O) groups excluding carboxylic acids is 2. The largest absolute Gasteiger partial charge is 0.478 e. The number of carbonyl (C=O) groups is 3. The van der Waals surface area contributed by atoms with Crippen LogP contribution < -0.4 is 4.90 Å². The van der Waals surface area contributed by atoms with Gasteiger partial charge < -0.3 is 9.84 Å². The summed E-state index contributed by atoms with van der Waals surface area (Å²) in [5.74, 6) is -3.18. The minimum Gasteiger partial charge on any atom is -0.478 e. The van der Waals surface area contributed by atoms with Gasteiger partial charge in [-0.3, -0.25) is 9.59 Å². The summed E-state index contributed by atoms with van der Waals surface area (Å²) >= 11 is 5.87. The van der Waals surface area contributed by atoms with Gasteiger partial charge in [0, 0.05) is 0 Å². The lowest BCUT2D eigenvalue weighted by Gasteiger charge is -2.25. The summed E-state index contributed by atoms with van der Waals surface area (Å²) < 4.78 is 5.93. The van der Waals surface area contributed by atoms with Crippen LogP contribution in [0.25, 0.3) is 0 Å². The van der Waals surface area contributed by atoms with Crippen LogP contribution in [0.4, 0.5) is 5.69 Å². The van der Waals surface area contributed by atoms with Crippen molar-refractivity contribution in [1.29, 1.82) is 0 Å². The van der Waals surface area contributed by atoms with Crippen molar-refractivity contribution in [2.75, 3.05) is 4.90 Å². The molecule has 0 aromatic heterocycles. The summed E-state index contributed by atoms with van der Waals surface area (Å²) in [7, 11) is 0. The highest BCUT2D eigenvalue weighted by Gasteiger charge is 2.70. The smallest absolute Gasteiger partial charge is 0.337 e. The van der Waals surface area contributed by atoms with E-state index < -0.39 is 29.0 Å². The third kappa shape index (κ3) is 1.72. The molecule has 0 aliphatic carbocycles. The molecule has 1 aromatic carbocycles. The van der Waals surface area contributed by atoms with Gasteiger partial charge in [0.25, 0.3) is 0 Å². The van der Waals surface area contributed by atoms with E-state index in [0.717, 1.165) is 4.90 Å². The van der Waals surface area contributed by atoms with E-state index in [2.05, 4.69) is 0 Å². The zero-order valence-corrected chi connectivity index (χ0v) is 13.7. The molecule has 4 atom stereocenters. The second kappa shape index (κ2) is 4.46. The number of carboxylic acids is 1. The van der Waals surface area contributed by atoms with Gasteiger partial charge in [-0.15, -0.1) is 0 Å². The highest BCUT2D eigenvalue weighted by atomic mass is 35.5. The van der Waals surface area contributed by atoms with E-state index in [-0.39, 0.29) is 28.1 Å². The first-order valence-electron chi connectivity index (χ1n) is 7.49. The highest BCUT2D eigenvalue weighted by molar-refractivity contribution is 6.34. The van der Waals surface area contributed by atoms with Gasteiger partial charge in [0.2, 0.25) is 11.8 Å². The number of fused-ring (bicyclic) bond motifs is 5. The van der Waals surface area contributed by atoms with Crippen LogP contribution in [0.1, 0.15) is 24.2 Å². The minimum atomic E-state index is -1.22. The Morgan fingerprint density at radius 1 is 1.17 bits per heavy atom. The van der Waals surface area contributed by atoms with Crippen LogP contribution in [0.3, 0.4) is 0 Å². The lowest BCUT2D eigenvalue weighted by atomic mass is 9.73. The standard InChI is InChI=1S/C17H14ClNO5/c1-16-5-6-17(2,24-16)12-11(16)13(20)19(14(12)21)8-3-4-10(18)9(7-8)15(22)23/h3-7,11-12H,1-2H3,(H,22,23)/t11-,12+,16-,17-/m1/s1. The third-order valence-corrected chi connectivity index (χ3v) is 5.49. The Morgan fingerprint density at radius 2 is 1.71 bits per heavy atom. The number of amides is 2. The molecule has 3 heterocycles. The fourth-order valence-corrected chi connectivity index (χ4v) is 4.30. The molecule has 2 fully saturated rings. The minimum absolute atomic E-state index is 0.0505. The van der Waals surface area contributed by atoms with E-state index in [1.54, 1.807) is 13.8 Å². The fourth-order valence-electron chi connectivity index (χ4n) is 4.10. The highest BCUT2D eigenvalue weighted by Crippen LogP contribution is 2.57. The van der Waals surface area contributed by atoms with Gasteiger partial charge in [-0.05, 0) is 32.0 Å². The summed E-state index contributed by atoms with van der Waals surface area (Å²) in [6, 6.07) is 4.11. The quantitative estimate of drug-likeness (QED) is 0.655. The molecule has 2 amide bonds. The van der Waals surface area contributed by atoms with Crippen LogP contribution in [-0.4, -0.2) is 34.1 Å². The maximum atomic E-state index is 12.9. The van der Waals surface area contributed by atoms with Crippen LogP contribution in [0.15, 0.2) is 30.4 Å². The van der Waals surface area contributed by atoms with Crippen LogP contribution in [0.2, 0.25) is 5.02 Å². The van der Waals surface area contributed by atoms with Crippen molar-refractivity contribution in [3.63, 3.8) is 0 Å². The van der Waals surface area contributed by atoms with Crippen molar-refractivity contribution < 1.29 is 24.2 Å². The molecule has 7 heteroatoms. The molecule has 2 saturated heterocycles. The molecule has 0 spiro atoms. The molecule has 3 aliphatic heterocycles. The van der Waals surface area contributed by atoms with E-state index >= 15 is 0 Å². The zero-order chi connectivity index (χ0) is 17.4. The Bertz CT molecular complexity index is 813. The molecular formula is C17H14ClNO5. The first-order chi connectivity index (χ1) is 11.2. The second-order valence-corrected chi connectivity index (χ2v) is 7.15. The van der Waals surface area contributed by atoms with E-state index in [1.165, 1.54) is 18.2 Å². The second-order valence-electron chi connectivity index (χ2n) is 6.74. The predicted molar refractivity (Wildman–Crippen MR) is 84.9 cm³/mol. The first kappa shape index (κ1) is 15.4. The van der Waals surface area contributed by atoms with Gasteiger partial charge in [0.1, 0.15) is 0 Å². The molecule has 1 N–H and O–H groups in total. The normalized spacial score (nSPS) is 36.5. The lowest BCUT2D eigenvalue weighted by molar-refractivity contribution is -0.128. The van der Waals surface area contributed by atoms with Crippen molar-refractivity contribution in [3.8, 4) is 0 Å². The fraction of sp³-hybridized carbons (Fsp3) is 0.353. The molecule has 0 radical (unpaired) electrons. The third-order valence-electron chi connectivity index (χ3n) is 5.16. The van der Waals surface area contributed by atoms with Gasteiger partial charge in [-0.2, -0.15) is 0 Å². The summed E-state index contributed by atoms with van der Waals surface area (Å²) in [6.07, 6.45) is 3.65. The molecule has 0 saturated carbocycles. The van der Waals surface area contributed by atoms with E-state index in [1.807, 2.05) is 12.2 Å². The molecule has 4 rings (SSSR count). The number of aromatic carboxylic acids is 1. The Kier molecular flexibility index (Phi) is 2.85. The summed E-state index contributed by atoms with van der Waals surface area (Å²) in [5.41, 5.74) is -1.57. The van der Waals surface area contributed by atoms with E-state index in [4.69, 9.17) is 16.3 Å². The molecular weight excluding hydrogens is 334 g/mol. The first-order valence-corrected chi connectivity index (χ1v) is 7.87. The summed E-state index contributed by atoms with van der Waals surface area (Å²) in [6.45, 7) is 3.58. The number of anilines is 1. The van der Waals surface area contributed by atoms with Crippen LogP contribution in [0.5, 0.6) is 0 Å². The molecule has 0 unspecified atom stereocenters. The van der Waals surface area contributed by atoms with E-state index in [0.29, 0.717) is 0 Å². The average molecular weight is 348 g/mol. The van der Waals surface area contributed by atoms with Gasteiger partial charge in [0.05, 0.1) is 39.3 Å². The Morgan fingerprint density at radius 3 is 2.21 bits per heavy atom. The molecule has 124 valence electrons. The Hall–Kier alpha value is -2.18. The number of ether oxygens (including phenoxy) is 1. The zero-order valence-electron chi connectivity index (χ0n) is 12.9. The van der Waals surface area contributed by atoms with Crippen molar-refractivity contribution in [1.82, 2.24) is 0 Å². The van der Waals surface area contributed by atoms with E-state index in [9.17, 15) is 19.5 Å². The number of hydrogen-bond acceptors (Lipinski definition) is 4. The number of halogens is 1. The molecule has 3 aliphatic rings. The number of nitrogens with zero attached hydrogens (tertiary/aromatic N) is 1. The lowest BCUT2D eigenvalue weighted by Crippen LogP contribution is -2.39. The maximum Gasteiger partial charge on any atom is 0.337 e. The van der Waals surface area contributed by atoms with Gasteiger partial charge in [0.15, 0.2) is 0 Å². The Labute approximate surface area is 142 Å². The number of carboxylic acid groups (broad SMARTS) is 1. The van der Waals surface area contributed by atoms with Gasteiger partial charge in [-0.1, -0.05) is 23.8 Å². The van der Waals surface area contributed by atoms with Crippen molar-refractivity contribution >= 4 is 35.1 Å². The summed E-state index contributed by atoms with van der Waals surface area (Å²) in [5, 5.41) is 9.25. The molecule has 6 nitrogen and oxygen atoms in total.